The number of alkyl halides is 3. The third-order valence-corrected chi connectivity index (χ3v) is 11.0. The zero-order chi connectivity index (χ0) is 48.8. The van der Waals surface area contributed by atoms with E-state index in [9.17, 15) is 41.9 Å². The number of imide groups is 2. The second kappa shape index (κ2) is 23.7. The van der Waals surface area contributed by atoms with Crippen LogP contribution in [0.5, 0.6) is 11.5 Å². The highest BCUT2D eigenvalue weighted by molar-refractivity contribution is 6.25. The van der Waals surface area contributed by atoms with Crippen LogP contribution in [0.3, 0.4) is 0 Å². The van der Waals surface area contributed by atoms with Crippen molar-refractivity contribution in [2.45, 2.75) is 38.0 Å². The lowest BCUT2D eigenvalue weighted by molar-refractivity contribution is -0.138. The van der Waals surface area contributed by atoms with Gasteiger partial charge < -0.3 is 39.6 Å². The monoisotopic (exact) mass is 953 g/mol. The molecule has 2 aliphatic heterocycles. The van der Waals surface area contributed by atoms with E-state index in [2.05, 4.69) is 21.3 Å². The summed E-state index contributed by atoms with van der Waals surface area (Å²) in [6.45, 7) is 3.53. The number of anilines is 1. The van der Waals surface area contributed by atoms with Crippen molar-refractivity contribution in [3.63, 3.8) is 0 Å². The van der Waals surface area contributed by atoms with E-state index in [4.69, 9.17) is 23.7 Å². The third-order valence-electron chi connectivity index (χ3n) is 11.0. The molecule has 19 heteroatoms. The maximum Gasteiger partial charge on any atom is 0.416 e. The summed E-state index contributed by atoms with van der Waals surface area (Å²) in [6, 6.07) is 25.9. The Morgan fingerprint density at radius 2 is 1.36 bits per heavy atom. The molecule has 0 aliphatic carbocycles. The molecule has 0 spiro atoms. The number of nitrogens with one attached hydrogen (secondary N) is 4. The van der Waals surface area contributed by atoms with E-state index >= 15 is 0 Å². The van der Waals surface area contributed by atoms with Crippen LogP contribution in [0.1, 0.15) is 60.6 Å². The lowest BCUT2D eigenvalue weighted by Crippen LogP contribution is -2.54. The number of hydrogen-bond donors (Lipinski definition) is 4. The molecule has 362 valence electrons. The summed E-state index contributed by atoms with van der Waals surface area (Å²) in [4.78, 5) is 76.7. The van der Waals surface area contributed by atoms with Crippen molar-refractivity contribution < 1.29 is 65.6 Å². The molecular weight excluding hydrogens is 904 g/mol. The van der Waals surface area contributed by atoms with Crippen molar-refractivity contribution >= 4 is 51.9 Å². The predicted molar refractivity (Wildman–Crippen MR) is 245 cm³/mol. The largest absolute Gasteiger partial charge is 0.457 e. The van der Waals surface area contributed by atoms with Crippen molar-refractivity contribution in [1.29, 1.82) is 0 Å². The van der Waals surface area contributed by atoms with Crippen molar-refractivity contribution in [2.75, 3.05) is 71.3 Å². The molecule has 16 nitrogen and oxygen atoms in total. The van der Waals surface area contributed by atoms with Crippen LogP contribution in [0, 0.1) is 0 Å². The van der Waals surface area contributed by atoms with Crippen molar-refractivity contribution in [3.05, 3.63) is 137 Å². The van der Waals surface area contributed by atoms with Gasteiger partial charge in [-0.25, -0.2) is 0 Å². The normalized spacial score (nSPS) is 14.7. The highest BCUT2D eigenvalue weighted by atomic mass is 19.4. The maximum atomic E-state index is 13.2. The van der Waals surface area contributed by atoms with E-state index in [1.165, 1.54) is 18.2 Å². The molecule has 1 saturated heterocycles. The van der Waals surface area contributed by atoms with Gasteiger partial charge in [-0.1, -0.05) is 42.5 Å². The summed E-state index contributed by atoms with van der Waals surface area (Å²) in [6.07, 6.45) is -4.18. The minimum absolute atomic E-state index is 0.0442. The van der Waals surface area contributed by atoms with Gasteiger partial charge in [-0.3, -0.25) is 39.0 Å². The van der Waals surface area contributed by atoms with Gasteiger partial charge in [-0.15, -0.1) is 0 Å². The van der Waals surface area contributed by atoms with Gasteiger partial charge in [-0.2, -0.15) is 13.2 Å². The van der Waals surface area contributed by atoms with Crippen LogP contribution in [-0.4, -0.2) is 112 Å². The fraction of sp³-hybridized carbons (Fsp3) is 0.320. The first-order valence-corrected chi connectivity index (χ1v) is 22.3. The topological polar surface area (TPSA) is 200 Å². The van der Waals surface area contributed by atoms with E-state index < -0.39 is 41.4 Å². The van der Waals surface area contributed by atoms with Gasteiger partial charge in [0.2, 0.25) is 17.7 Å². The van der Waals surface area contributed by atoms with Gasteiger partial charge in [0, 0.05) is 42.7 Å². The molecule has 7 rings (SSSR count). The standard InChI is InChI=1S/C50H50F3N5O11/c51-50(52,53)36-11-13-37(14-12-36)69-42-9-2-6-34-30-35(10-15-38(34)42)46(61)56-31-33-5-1-4-32(28-33)29-44(60)55-19-21-66-23-25-68-27-26-67-24-22-65-20-18-54-40-8-3-7-39-45(40)49(64)58(48(39)63)41-16-17-43(59)57-47(41)62/h1-15,28,30,41,54H,16-27,29,31H2,(H,55,60)(H,56,61)(H,57,59,62). The van der Waals surface area contributed by atoms with Gasteiger partial charge in [0.05, 0.1) is 76.0 Å². The van der Waals surface area contributed by atoms with Gasteiger partial charge in [-0.05, 0) is 83.6 Å². The van der Waals surface area contributed by atoms with Gasteiger partial charge in [0.15, 0.2) is 0 Å². The molecule has 0 aromatic heterocycles. The lowest BCUT2D eigenvalue weighted by atomic mass is 10.0. The van der Waals surface area contributed by atoms with Crippen molar-refractivity contribution in [2.24, 2.45) is 0 Å². The van der Waals surface area contributed by atoms with E-state index in [1.54, 1.807) is 42.5 Å². The van der Waals surface area contributed by atoms with Crippen LogP contribution < -0.4 is 26.0 Å². The molecule has 1 atom stereocenters. The summed E-state index contributed by atoms with van der Waals surface area (Å²) in [5, 5.41) is 12.4. The molecule has 0 radical (unpaired) electrons. The fourth-order valence-electron chi connectivity index (χ4n) is 7.65. The zero-order valence-corrected chi connectivity index (χ0v) is 37.4. The fourth-order valence-corrected chi connectivity index (χ4v) is 7.65. The van der Waals surface area contributed by atoms with Crippen LogP contribution in [0.15, 0.2) is 103 Å². The molecule has 6 amide bonds. The molecule has 2 heterocycles. The number of halogens is 3. The second-order valence-corrected chi connectivity index (χ2v) is 15.9. The first-order chi connectivity index (χ1) is 33.4. The molecule has 69 heavy (non-hydrogen) atoms. The Morgan fingerprint density at radius 3 is 2.07 bits per heavy atom. The second-order valence-electron chi connectivity index (χ2n) is 15.9. The van der Waals surface area contributed by atoms with Crippen molar-refractivity contribution in [1.82, 2.24) is 20.9 Å². The summed E-state index contributed by atoms with van der Waals surface area (Å²) >= 11 is 0. The van der Waals surface area contributed by atoms with Gasteiger partial charge in [0.25, 0.3) is 17.7 Å². The number of carbonyl (C=O) groups excluding carboxylic acids is 6. The Bertz CT molecular complexity index is 2660. The molecule has 1 unspecified atom stereocenters. The van der Waals surface area contributed by atoms with Crippen LogP contribution in [0.4, 0.5) is 18.9 Å². The number of ether oxygens (including phenoxy) is 5. The molecule has 0 bridgehead atoms. The number of amides is 6. The van der Waals surface area contributed by atoms with Crippen LogP contribution in [-0.2, 0) is 52.5 Å². The Labute approximate surface area is 394 Å². The molecule has 2 aliphatic rings. The maximum absolute atomic E-state index is 13.2. The summed E-state index contributed by atoms with van der Waals surface area (Å²) < 4.78 is 67.0. The Balaban J connectivity index is 0.699. The van der Waals surface area contributed by atoms with E-state index in [0.29, 0.717) is 93.7 Å². The Morgan fingerprint density at radius 1 is 0.696 bits per heavy atom. The molecular formula is C50H50F3N5O11. The number of hydrogen-bond acceptors (Lipinski definition) is 12. The molecule has 1 fully saturated rings. The number of fused-ring (bicyclic) bond motifs is 2. The van der Waals surface area contributed by atoms with Crippen LogP contribution >= 0.6 is 0 Å². The predicted octanol–water partition coefficient (Wildman–Crippen LogP) is 5.82. The third kappa shape index (κ3) is 13.5. The average Bonchev–Trinajstić information content (AvgIpc) is 3.59. The van der Waals surface area contributed by atoms with E-state index in [-0.39, 0.29) is 54.5 Å². The highest BCUT2D eigenvalue weighted by Gasteiger charge is 2.45. The minimum Gasteiger partial charge on any atom is -0.457 e. The van der Waals surface area contributed by atoms with Crippen molar-refractivity contribution in [3.8, 4) is 11.5 Å². The molecule has 5 aromatic carbocycles. The van der Waals surface area contributed by atoms with Crippen LogP contribution in [0.25, 0.3) is 10.8 Å². The highest BCUT2D eigenvalue weighted by Crippen LogP contribution is 2.35. The Hall–Kier alpha value is -7.19. The Kier molecular flexibility index (Phi) is 17.1. The number of nitrogens with zero attached hydrogens (tertiary/aromatic N) is 1. The number of piperidine rings is 1. The van der Waals surface area contributed by atoms with Gasteiger partial charge in [0.1, 0.15) is 17.5 Å². The molecule has 0 saturated carbocycles. The zero-order valence-electron chi connectivity index (χ0n) is 37.4. The van der Waals surface area contributed by atoms with Crippen LogP contribution in [0.2, 0.25) is 0 Å². The first-order valence-electron chi connectivity index (χ1n) is 22.3. The first kappa shape index (κ1) is 49.7. The van der Waals surface area contributed by atoms with E-state index in [1.807, 2.05) is 30.3 Å². The number of carbonyl (C=O) groups is 6. The SMILES string of the molecule is O=C(Cc1cccc(CNC(=O)c2ccc3c(Oc4ccc(C(F)(F)F)cc4)cccc3c2)c1)NCCOCCOCCOCCOCCNc1cccc2c1C(=O)N(C1CCC(=O)NC1=O)C2=O. The molecule has 5 aromatic rings. The summed E-state index contributed by atoms with van der Waals surface area (Å²) in [5.74, 6) is -2.06. The summed E-state index contributed by atoms with van der Waals surface area (Å²) in [5.41, 5.74) is 2.05. The number of benzene rings is 5. The summed E-state index contributed by atoms with van der Waals surface area (Å²) in [7, 11) is 0. The van der Waals surface area contributed by atoms with E-state index in [0.717, 1.165) is 28.2 Å². The smallest absolute Gasteiger partial charge is 0.416 e. The minimum atomic E-state index is -4.45. The quantitative estimate of drug-likeness (QED) is 0.0428. The lowest BCUT2D eigenvalue weighted by Gasteiger charge is -2.27. The molecule has 4 N–H and O–H groups in total. The number of rotatable bonds is 24. The average molecular weight is 954 g/mol. The van der Waals surface area contributed by atoms with Gasteiger partial charge >= 0.3 is 6.18 Å².